The van der Waals surface area contributed by atoms with Gasteiger partial charge in [0.25, 0.3) is 0 Å². The van der Waals surface area contributed by atoms with Crippen LogP contribution >= 0.6 is 11.6 Å². The van der Waals surface area contributed by atoms with Crippen LogP contribution in [0.1, 0.15) is 16.7 Å². The van der Waals surface area contributed by atoms with E-state index >= 15 is 0 Å². The average Bonchev–Trinajstić information content (AvgIpc) is 2.38. The van der Waals surface area contributed by atoms with E-state index < -0.39 is 0 Å². The fraction of sp³-hybridized carbons (Fsp3) is 0.500. The van der Waals surface area contributed by atoms with Crippen LogP contribution in [0.25, 0.3) is 0 Å². The molecular formula is C14H20ClNO2. The Kier molecular flexibility index (Phi) is 5.48. The first kappa shape index (κ1) is 14.8. The molecule has 0 spiro atoms. The van der Waals surface area contributed by atoms with Crippen LogP contribution in [0, 0.1) is 13.8 Å². The molecule has 0 atom stereocenters. The third kappa shape index (κ3) is 3.64. The Morgan fingerprint density at radius 1 is 1.33 bits per heavy atom. The van der Waals surface area contributed by atoms with Gasteiger partial charge in [0.1, 0.15) is 11.6 Å². The minimum atomic E-state index is -0.0560. The van der Waals surface area contributed by atoms with E-state index in [2.05, 4.69) is 19.9 Å². The smallest absolute Gasteiger partial charge is 0.237 e. The average molecular weight is 270 g/mol. The number of rotatable bonds is 5. The third-order valence-corrected chi connectivity index (χ3v) is 3.38. The highest BCUT2D eigenvalue weighted by Gasteiger charge is 2.10. The van der Waals surface area contributed by atoms with Crippen LogP contribution in [0.5, 0.6) is 5.75 Å². The monoisotopic (exact) mass is 269 g/mol. The van der Waals surface area contributed by atoms with Gasteiger partial charge in [0.15, 0.2) is 0 Å². The number of benzene rings is 1. The second kappa shape index (κ2) is 6.64. The summed E-state index contributed by atoms with van der Waals surface area (Å²) in [5.74, 6) is 0.852. The van der Waals surface area contributed by atoms with Crippen LogP contribution in [-0.2, 0) is 11.2 Å². The second-order valence-electron chi connectivity index (χ2n) is 4.45. The summed E-state index contributed by atoms with van der Waals surface area (Å²) < 4.78 is 5.37. The molecular weight excluding hydrogens is 250 g/mol. The van der Waals surface area contributed by atoms with Crippen LogP contribution in [0.2, 0.25) is 0 Å². The molecule has 0 unspecified atom stereocenters. The van der Waals surface area contributed by atoms with Gasteiger partial charge in [-0.2, -0.15) is 0 Å². The van der Waals surface area contributed by atoms with Crippen LogP contribution in [0.15, 0.2) is 12.1 Å². The zero-order chi connectivity index (χ0) is 13.7. The lowest BCUT2D eigenvalue weighted by molar-refractivity contribution is -0.127. The standard InChI is InChI=1S/C14H20ClNO2/c1-10-7-12(13(18-4)8-11(10)2)5-6-16(3)14(17)9-15/h7-8H,5-6,9H2,1-4H3. The highest BCUT2D eigenvalue weighted by atomic mass is 35.5. The summed E-state index contributed by atoms with van der Waals surface area (Å²) in [5.41, 5.74) is 3.56. The maximum Gasteiger partial charge on any atom is 0.237 e. The molecule has 1 rings (SSSR count). The molecule has 0 radical (unpaired) electrons. The summed E-state index contributed by atoms with van der Waals surface area (Å²) in [6, 6.07) is 4.15. The van der Waals surface area contributed by atoms with E-state index in [1.165, 1.54) is 11.1 Å². The second-order valence-corrected chi connectivity index (χ2v) is 4.71. The molecule has 0 saturated carbocycles. The number of aryl methyl sites for hydroxylation is 2. The Morgan fingerprint density at radius 2 is 1.94 bits per heavy atom. The summed E-state index contributed by atoms with van der Waals surface area (Å²) >= 11 is 5.52. The summed E-state index contributed by atoms with van der Waals surface area (Å²) in [7, 11) is 3.43. The van der Waals surface area contributed by atoms with Crippen molar-refractivity contribution in [3.05, 3.63) is 28.8 Å². The summed E-state index contributed by atoms with van der Waals surface area (Å²) in [6.07, 6.45) is 0.767. The zero-order valence-electron chi connectivity index (χ0n) is 11.4. The first-order valence-electron chi connectivity index (χ1n) is 5.93. The molecule has 100 valence electrons. The molecule has 0 aliphatic rings. The molecule has 0 fully saturated rings. The molecule has 1 aromatic rings. The van der Waals surface area contributed by atoms with Crippen LogP contribution in [0.3, 0.4) is 0 Å². The number of likely N-dealkylation sites (N-methyl/N-ethyl adjacent to an activating group) is 1. The molecule has 0 aliphatic heterocycles. The normalized spacial score (nSPS) is 10.3. The van der Waals surface area contributed by atoms with Crippen LogP contribution < -0.4 is 4.74 Å². The maximum absolute atomic E-state index is 11.4. The van der Waals surface area contributed by atoms with Gasteiger partial charge < -0.3 is 9.64 Å². The molecule has 1 aromatic carbocycles. The Balaban J connectivity index is 2.78. The van der Waals surface area contributed by atoms with Gasteiger partial charge in [0, 0.05) is 13.6 Å². The third-order valence-electron chi connectivity index (χ3n) is 3.15. The van der Waals surface area contributed by atoms with E-state index in [-0.39, 0.29) is 11.8 Å². The van der Waals surface area contributed by atoms with Crippen molar-refractivity contribution in [1.29, 1.82) is 0 Å². The fourth-order valence-electron chi connectivity index (χ4n) is 1.75. The van der Waals surface area contributed by atoms with E-state index in [0.29, 0.717) is 6.54 Å². The number of ether oxygens (including phenoxy) is 1. The minimum absolute atomic E-state index is 0.0283. The molecule has 0 saturated heterocycles. The van der Waals surface area contributed by atoms with Gasteiger partial charge in [0.2, 0.25) is 5.91 Å². The number of carbonyl (C=O) groups excluding carboxylic acids is 1. The molecule has 0 aromatic heterocycles. The highest BCUT2D eigenvalue weighted by Crippen LogP contribution is 2.23. The molecule has 1 amide bonds. The first-order valence-corrected chi connectivity index (χ1v) is 6.47. The van der Waals surface area contributed by atoms with Gasteiger partial charge in [-0.25, -0.2) is 0 Å². The quantitative estimate of drug-likeness (QED) is 0.769. The first-order chi connectivity index (χ1) is 8.49. The predicted molar refractivity (Wildman–Crippen MR) is 74.5 cm³/mol. The van der Waals surface area contributed by atoms with Crippen molar-refractivity contribution < 1.29 is 9.53 Å². The minimum Gasteiger partial charge on any atom is -0.496 e. The summed E-state index contributed by atoms with van der Waals surface area (Å²) in [6.45, 7) is 4.78. The van der Waals surface area contributed by atoms with Crippen LogP contribution in [-0.4, -0.2) is 37.4 Å². The van der Waals surface area contributed by atoms with Crippen molar-refractivity contribution in [3.8, 4) is 5.75 Å². The van der Waals surface area contributed by atoms with Gasteiger partial charge in [-0.15, -0.1) is 11.6 Å². The number of carbonyl (C=O) groups is 1. The fourth-order valence-corrected chi connectivity index (χ4v) is 1.95. The van der Waals surface area contributed by atoms with Gasteiger partial charge in [-0.3, -0.25) is 4.79 Å². The molecule has 0 heterocycles. The van der Waals surface area contributed by atoms with E-state index in [0.717, 1.165) is 17.7 Å². The molecule has 0 bridgehead atoms. The van der Waals surface area contributed by atoms with Gasteiger partial charge >= 0.3 is 0 Å². The Bertz CT molecular complexity index is 432. The Labute approximate surface area is 114 Å². The van der Waals surface area contributed by atoms with Crippen molar-refractivity contribution in [2.24, 2.45) is 0 Å². The number of amides is 1. The molecule has 0 N–H and O–H groups in total. The molecule has 18 heavy (non-hydrogen) atoms. The lowest BCUT2D eigenvalue weighted by Crippen LogP contribution is -2.29. The molecule has 3 nitrogen and oxygen atoms in total. The van der Waals surface area contributed by atoms with Crippen molar-refractivity contribution >= 4 is 17.5 Å². The van der Waals surface area contributed by atoms with E-state index in [9.17, 15) is 4.79 Å². The highest BCUT2D eigenvalue weighted by molar-refractivity contribution is 6.27. The number of alkyl halides is 1. The number of methoxy groups -OCH3 is 1. The topological polar surface area (TPSA) is 29.5 Å². The van der Waals surface area contributed by atoms with Crippen molar-refractivity contribution in [2.45, 2.75) is 20.3 Å². The largest absolute Gasteiger partial charge is 0.496 e. The van der Waals surface area contributed by atoms with Gasteiger partial charge in [-0.05, 0) is 43.0 Å². The molecule has 0 aliphatic carbocycles. The maximum atomic E-state index is 11.4. The molecule has 4 heteroatoms. The van der Waals surface area contributed by atoms with E-state index in [1.54, 1.807) is 19.1 Å². The number of hydrogen-bond donors (Lipinski definition) is 0. The summed E-state index contributed by atoms with van der Waals surface area (Å²) in [4.78, 5) is 13.0. The summed E-state index contributed by atoms with van der Waals surface area (Å²) in [5, 5.41) is 0. The lowest BCUT2D eigenvalue weighted by atomic mass is 10.0. The van der Waals surface area contributed by atoms with Crippen molar-refractivity contribution in [3.63, 3.8) is 0 Å². The number of nitrogens with zero attached hydrogens (tertiary/aromatic N) is 1. The van der Waals surface area contributed by atoms with Crippen molar-refractivity contribution in [1.82, 2.24) is 4.90 Å². The van der Waals surface area contributed by atoms with E-state index in [4.69, 9.17) is 16.3 Å². The van der Waals surface area contributed by atoms with Gasteiger partial charge in [0.05, 0.1) is 7.11 Å². The number of halogens is 1. The van der Waals surface area contributed by atoms with E-state index in [1.807, 2.05) is 6.07 Å². The zero-order valence-corrected chi connectivity index (χ0v) is 12.2. The predicted octanol–water partition coefficient (Wildman–Crippen LogP) is 2.55. The lowest BCUT2D eigenvalue weighted by Gasteiger charge is -2.17. The Morgan fingerprint density at radius 3 is 2.50 bits per heavy atom. The number of hydrogen-bond acceptors (Lipinski definition) is 2. The Hall–Kier alpha value is -1.22. The SMILES string of the molecule is COc1cc(C)c(C)cc1CCN(C)C(=O)CCl. The van der Waals surface area contributed by atoms with Crippen molar-refractivity contribution in [2.75, 3.05) is 26.6 Å². The van der Waals surface area contributed by atoms with Gasteiger partial charge in [-0.1, -0.05) is 6.07 Å². The van der Waals surface area contributed by atoms with Crippen LogP contribution in [0.4, 0.5) is 0 Å².